The van der Waals surface area contributed by atoms with Crippen LogP contribution in [0.15, 0.2) is 60.7 Å². The number of para-hydroxylation sites is 1. The number of nitrogens with zero attached hydrogens (tertiary/aromatic N) is 2. The van der Waals surface area contributed by atoms with Gasteiger partial charge in [0.1, 0.15) is 7.05 Å². The van der Waals surface area contributed by atoms with E-state index >= 15 is 0 Å². The summed E-state index contributed by atoms with van der Waals surface area (Å²) in [4.78, 5) is 2.45. The van der Waals surface area contributed by atoms with Gasteiger partial charge in [-0.05, 0) is 24.6 Å². The average molecular weight is 425 g/mol. The number of allylic oxidation sites excluding steroid dienone is 2. The molecule has 7 heteroatoms. The Balaban J connectivity index is 0.000000322. The Labute approximate surface area is 176 Å². The number of aromatic nitrogens is 1. The maximum Gasteiger partial charge on any atom is 0.255 e. The number of benzene rings is 2. The quantitative estimate of drug-likeness (QED) is 0.260. The number of hydrogen-bond acceptors (Lipinski definition) is 5. The lowest BCUT2D eigenvalue weighted by Gasteiger charge is -2.38. The van der Waals surface area contributed by atoms with E-state index in [9.17, 15) is 8.42 Å². The third kappa shape index (κ3) is 3.39. The highest BCUT2D eigenvalue weighted by Gasteiger charge is 2.39. The van der Waals surface area contributed by atoms with Gasteiger partial charge in [0, 0.05) is 18.5 Å². The van der Waals surface area contributed by atoms with Gasteiger partial charge in [-0.2, -0.15) is 4.57 Å². The highest BCUT2D eigenvalue weighted by molar-refractivity contribution is 7.85. The molecule has 6 nitrogen and oxygen atoms in total. The SMILES string of the molecule is CS(=O)(=O)O[O-].Cc1cc2c3c([n+](C)c4ccccc4c3c1)C1C=CC=CC1N2C. The molecule has 2 heterocycles. The number of likely N-dealkylation sites (N-methyl/N-ethyl adjacent to an activating group) is 1. The van der Waals surface area contributed by atoms with E-state index in [-0.39, 0.29) is 0 Å². The first-order valence-electron chi connectivity index (χ1n) is 9.67. The van der Waals surface area contributed by atoms with Crippen LogP contribution in [0, 0.1) is 6.92 Å². The van der Waals surface area contributed by atoms with Crippen LogP contribution in [0.5, 0.6) is 0 Å². The van der Waals surface area contributed by atoms with Crippen LogP contribution in [0.25, 0.3) is 21.7 Å². The third-order valence-electron chi connectivity index (χ3n) is 5.81. The van der Waals surface area contributed by atoms with Crippen LogP contribution in [0.1, 0.15) is 17.2 Å². The number of anilines is 1. The molecule has 1 aromatic heterocycles. The number of hydrogen-bond donors (Lipinski definition) is 0. The van der Waals surface area contributed by atoms with Gasteiger partial charge in [-0.1, -0.05) is 42.5 Å². The summed E-state index contributed by atoms with van der Waals surface area (Å²) in [5.74, 6) is 0.396. The molecule has 2 aromatic carbocycles. The van der Waals surface area contributed by atoms with E-state index in [2.05, 4.69) is 95.5 Å². The van der Waals surface area contributed by atoms with Crippen molar-refractivity contribution in [2.45, 2.75) is 18.9 Å². The first-order chi connectivity index (χ1) is 14.2. The third-order valence-corrected chi connectivity index (χ3v) is 6.05. The number of rotatable bonds is 1. The van der Waals surface area contributed by atoms with Gasteiger partial charge >= 0.3 is 0 Å². The molecule has 5 rings (SSSR count). The first-order valence-corrected chi connectivity index (χ1v) is 11.5. The van der Waals surface area contributed by atoms with Crippen molar-refractivity contribution in [2.75, 3.05) is 18.2 Å². The van der Waals surface area contributed by atoms with Crippen molar-refractivity contribution in [1.82, 2.24) is 0 Å². The average Bonchev–Trinajstić information content (AvgIpc) is 2.73. The van der Waals surface area contributed by atoms with Crippen molar-refractivity contribution in [2.24, 2.45) is 7.05 Å². The summed E-state index contributed by atoms with van der Waals surface area (Å²) >= 11 is 0. The highest BCUT2D eigenvalue weighted by Crippen LogP contribution is 2.44. The number of pyridine rings is 1. The Hall–Kier alpha value is -2.74. The second-order valence-corrected chi connectivity index (χ2v) is 9.38. The maximum atomic E-state index is 9.47. The molecule has 156 valence electrons. The molecule has 0 saturated carbocycles. The number of fused-ring (bicyclic) bond motifs is 4. The van der Waals surface area contributed by atoms with E-state index in [1.165, 1.54) is 38.6 Å². The highest BCUT2D eigenvalue weighted by atomic mass is 32.2. The van der Waals surface area contributed by atoms with Crippen LogP contribution in [-0.2, 0) is 21.5 Å². The minimum Gasteiger partial charge on any atom is -0.707 e. The van der Waals surface area contributed by atoms with Crippen molar-refractivity contribution in [3.63, 3.8) is 0 Å². The molecule has 2 aliphatic rings. The van der Waals surface area contributed by atoms with E-state index in [4.69, 9.17) is 5.26 Å². The molecule has 1 aliphatic heterocycles. The van der Waals surface area contributed by atoms with Crippen LogP contribution in [0.4, 0.5) is 5.69 Å². The zero-order valence-corrected chi connectivity index (χ0v) is 18.2. The molecule has 2 unspecified atom stereocenters. The molecule has 0 N–H and O–H groups in total. The minimum absolute atomic E-state index is 0.389. The van der Waals surface area contributed by atoms with Gasteiger partial charge < -0.3 is 14.5 Å². The second-order valence-electron chi connectivity index (χ2n) is 7.84. The summed E-state index contributed by atoms with van der Waals surface area (Å²) in [5.41, 5.74) is 5.41. The van der Waals surface area contributed by atoms with Gasteiger partial charge in [0.15, 0.2) is 0 Å². The van der Waals surface area contributed by atoms with E-state index in [1.807, 2.05) is 0 Å². The molecule has 0 bridgehead atoms. The Morgan fingerprint density at radius 3 is 2.47 bits per heavy atom. The summed E-state index contributed by atoms with van der Waals surface area (Å²) < 4.78 is 24.0. The summed E-state index contributed by atoms with van der Waals surface area (Å²) in [6.45, 7) is 2.20. The van der Waals surface area contributed by atoms with Gasteiger partial charge in [-0.25, -0.2) is 8.42 Å². The van der Waals surface area contributed by atoms with Crippen molar-refractivity contribution in [3.05, 3.63) is 72.0 Å². The van der Waals surface area contributed by atoms with Crippen molar-refractivity contribution >= 4 is 37.5 Å². The normalized spacial score (nSPS) is 19.6. The first kappa shape index (κ1) is 20.5. The van der Waals surface area contributed by atoms with E-state index in [1.54, 1.807) is 0 Å². The van der Waals surface area contributed by atoms with Gasteiger partial charge in [0.2, 0.25) is 11.2 Å². The van der Waals surface area contributed by atoms with Crippen LogP contribution in [0.2, 0.25) is 0 Å². The molecule has 1 aliphatic carbocycles. The van der Waals surface area contributed by atoms with Crippen molar-refractivity contribution in [3.8, 4) is 0 Å². The zero-order valence-electron chi connectivity index (χ0n) is 17.4. The van der Waals surface area contributed by atoms with E-state index in [0.717, 1.165) is 0 Å². The molecule has 0 saturated heterocycles. The molecule has 0 fully saturated rings. The van der Waals surface area contributed by atoms with Gasteiger partial charge in [0.25, 0.3) is 10.1 Å². The summed E-state index contributed by atoms with van der Waals surface area (Å²) in [5, 5.41) is 13.0. The Kier molecular flexibility index (Phi) is 5.13. The zero-order chi connectivity index (χ0) is 21.6. The van der Waals surface area contributed by atoms with Crippen LogP contribution >= 0.6 is 0 Å². The number of aryl methyl sites for hydroxylation is 2. The standard InChI is InChI=1S/C22H21N2.CH4O4S/c1-14-12-17-15-8-4-6-10-18(15)24(3)22-16-9-5-7-11-19(16)23(2)20(13-14)21(17)22;1-6(3,4)5-2/h4-13,16,19H,1-3H3;2H,1H3/q+1;/p-1. The summed E-state index contributed by atoms with van der Waals surface area (Å²) in [7, 11) is 0.730. The van der Waals surface area contributed by atoms with E-state index in [0.29, 0.717) is 18.2 Å². The molecule has 2 atom stereocenters. The Morgan fingerprint density at radius 1 is 1.10 bits per heavy atom. The largest absolute Gasteiger partial charge is 0.707 e. The Bertz CT molecular complexity index is 1310. The predicted molar refractivity (Wildman–Crippen MR) is 117 cm³/mol. The fraction of sp³-hybridized carbons (Fsp3) is 0.261. The van der Waals surface area contributed by atoms with E-state index < -0.39 is 10.1 Å². The van der Waals surface area contributed by atoms with Crippen molar-refractivity contribution < 1.29 is 22.6 Å². The lowest BCUT2D eigenvalue weighted by molar-refractivity contribution is -0.652. The maximum absolute atomic E-state index is 9.47. The molecular weight excluding hydrogens is 400 g/mol. The van der Waals surface area contributed by atoms with Crippen LogP contribution in [-0.4, -0.2) is 27.8 Å². The molecule has 0 amide bonds. The molecule has 30 heavy (non-hydrogen) atoms. The summed E-state index contributed by atoms with van der Waals surface area (Å²) in [6, 6.07) is 13.8. The fourth-order valence-corrected chi connectivity index (χ4v) is 4.59. The van der Waals surface area contributed by atoms with Crippen molar-refractivity contribution in [1.29, 1.82) is 0 Å². The summed E-state index contributed by atoms with van der Waals surface area (Å²) in [6.07, 6.45) is 9.73. The second kappa shape index (κ2) is 7.50. The Morgan fingerprint density at radius 2 is 1.77 bits per heavy atom. The molecule has 0 spiro atoms. The topological polar surface area (TPSA) is 73.5 Å². The van der Waals surface area contributed by atoms with Gasteiger partial charge in [-0.15, -0.1) is 0 Å². The predicted octanol–water partition coefficient (Wildman–Crippen LogP) is 2.39. The fourth-order valence-electron chi connectivity index (χ4n) is 4.59. The smallest absolute Gasteiger partial charge is 0.255 e. The minimum atomic E-state index is -3.72. The monoisotopic (exact) mass is 424 g/mol. The molecular formula is C23H24N2O4S. The van der Waals surface area contributed by atoms with Gasteiger partial charge in [-0.3, -0.25) is 0 Å². The van der Waals surface area contributed by atoms with Crippen LogP contribution < -0.4 is 14.7 Å². The molecule has 3 aromatic rings. The lowest BCUT2D eigenvalue weighted by Crippen LogP contribution is -2.46. The van der Waals surface area contributed by atoms with Gasteiger partial charge in [0.05, 0.1) is 34.7 Å². The van der Waals surface area contributed by atoms with Crippen LogP contribution in [0.3, 0.4) is 0 Å². The lowest BCUT2D eigenvalue weighted by atomic mass is 9.82. The molecule has 0 radical (unpaired) electrons.